The van der Waals surface area contributed by atoms with E-state index in [2.05, 4.69) is 18.0 Å². The Morgan fingerprint density at radius 3 is 2.00 bits per heavy atom. The summed E-state index contributed by atoms with van der Waals surface area (Å²) in [7, 11) is 0. The summed E-state index contributed by atoms with van der Waals surface area (Å²) in [5, 5.41) is 18.7. The van der Waals surface area contributed by atoms with Gasteiger partial charge in [-0.2, -0.15) is 10.5 Å². The summed E-state index contributed by atoms with van der Waals surface area (Å²) in [6, 6.07) is 5.59. The molecule has 5 heteroatoms. The molecule has 0 bridgehead atoms. The Hall–Kier alpha value is -1.72. The molecule has 0 aliphatic rings. The largest absolute Gasteiger partial charge is 0.383 e. The first-order valence-electron chi connectivity index (χ1n) is 8.96. The Morgan fingerprint density at radius 2 is 1.46 bits per heavy atom. The highest BCUT2D eigenvalue weighted by Crippen LogP contribution is 2.25. The number of nitrogens with zero attached hydrogens (tertiary/aromatic N) is 3. The van der Waals surface area contributed by atoms with E-state index in [1.807, 2.05) is 6.07 Å². The number of hydrogen-bond donors (Lipinski definition) is 1. The maximum Gasteiger partial charge on any atom is 0.142 e. The van der Waals surface area contributed by atoms with Crippen molar-refractivity contribution in [3.63, 3.8) is 0 Å². The molecule has 1 aromatic rings. The van der Waals surface area contributed by atoms with E-state index in [1.54, 1.807) is 11.8 Å². The molecule has 0 aliphatic heterocycles. The van der Waals surface area contributed by atoms with Crippen molar-refractivity contribution >= 4 is 17.6 Å². The average molecular weight is 345 g/mol. The van der Waals surface area contributed by atoms with E-state index in [1.165, 1.54) is 63.9 Å². The van der Waals surface area contributed by atoms with Gasteiger partial charge in [0.05, 0.1) is 11.1 Å². The molecule has 0 amide bonds. The van der Waals surface area contributed by atoms with Crippen molar-refractivity contribution in [2.24, 2.45) is 0 Å². The Morgan fingerprint density at radius 1 is 0.917 bits per heavy atom. The van der Waals surface area contributed by atoms with Crippen LogP contribution in [0.2, 0.25) is 0 Å². The monoisotopic (exact) mass is 344 g/mol. The van der Waals surface area contributed by atoms with Crippen LogP contribution < -0.4 is 5.73 Å². The van der Waals surface area contributed by atoms with Gasteiger partial charge in [0.1, 0.15) is 23.0 Å². The van der Waals surface area contributed by atoms with Crippen LogP contribution in [0.4, 0.5) is 5.82 Å². The molecular weight excluding hydrogens is 316 g/mol. The number of nitriles is 2. The van der Waals surface area contributed by atoms with E-state index >= 15 is 0 Å². The highest BCUT2D eigenvalue weighted by atomic mass is 32.2. The van der Waals surface area contributed by atoms with Crippen molar-refractivity contribution in [3.05, 3.63) is 17.2 Å². The van der Waals surface area contributed by atoms with Crippen molar-refractivity contribution in [2.45, 2.75) is 76.2 Å². The second kappa shape index (κ2) is 12.7. The number of hydrogen-bond acceptors (Lipinski definition) is 5. The maximum absolute atomic E-state index is 9.15. The lowest BCUT2D eigenvalue weighted by Gasteiger charge is -2.06. The van der Waals surface area contributed by atoms with Gasteiger partial charge in [-0.1, -0.05) is 64.7 Å². The number of unbranched alkanes of at least 4 members (excludes halogenated alkanes) is 9. The summed E-state index contributed by atoms with van der Waals surface area (Å²) < 4.78 is 0. The third-order valence-electron chi connectivity index (χ3n) is 3.99. The summed E-state index contributed by atoms with van der Waals surface area (Å²) >= 11 is 1.56. The van der Waals surface area contributed by atoms with Gasteiger partial charge in [0.15, 0.2) is 0 Å². The Balaban J connectivity index is 2.17. The highest BCUT2D eigenvalue weighted by molar-refractivity contribution is 7.99. The lowest BCUT2D eigenvalue weighted by atomic mass is 10.1. The molecule has 0 saturated heterocycles. The van der Waals surface area contributed by atoms with Gasteiger partial charge in [-0.3, -0.25) is 0 Å². The number of nitrogens with two attached hydrogens (primary N) is 1. The van der Waals surface area contributed by atoms with E-state index in [-0.39, 0.29) is 11.4 Å². The molecule has 1 rings (SSSR count). The van der Waals surface area contributed by atoms with Crippen LogP contribution in [0.5, 0.6) is 0 Å². The van der Waals surface area contributed by atoms with Crippen molar-refractivity contribution in [1.82, 2.24) is 4.98 Å². The average Bonchev–Trinajstić information content (AvgIpc) is 2.59. The maximum atomic E-state index is 9.15. The van der Waals surface area contributed by atoms with Crippen molar-refractivity contribution in [1.29, 1.82) is 10.5 Å². The number of anilines is 1. The standard InChI is InChI=1S/C19H28N4S/c1-2-3-4-5-6-7-8-9-10-11-12-24-19-17(15-21)13-16(14-20)18(22)23-19/h13H,2-12H2,1H3,(H2,22,23). The predicted molar refractivity (Wildman–Crippen MR) is 101 cm³/mol. The van der Waals surface area contributed by atoms with Gasteiger partial charge in [0.2, 0.25) is 0 Å². The zero-order valence-electron chi connectivity index (χ0n) is 14.7. The lowest BCUT2D eigenvalue weighted by molar-refractivity contribution is 0.563. The van der Waals surface area contributed by atoms with Gasteiger partial charge in [0.25, 0.3) is 0 Å². The topological polar surface area (TPSA) is 86.5 Å². The molecule has 0 aromatic carbocycles. The molecule has 4 nitrogen and oxygen atoms in total. The molecule has 0 spiro atoms. The third-order valence-corrected chi connectivity index (χ3v) is 5.07. The molecule has 0 unspecified atom stereocenters. The highest BCUT2D eigenvalue weighted by Gasteiger charge is 2.09. The second-order valence-electron chi connectivity index (χ2n) is 6.03. The zero-order valence-corrected chi connectivity index (χ0v) is 15.5. The Labute approximate surface area is 150 Å². The quantitative estimate of drug-likeness (QED) is 0.404. The fourth-order valence-electron chi connectivity index (χ4n) is 2.55. The molecular formula is C19H28N4S. The summed E-state index contributed by atoms with van der Waals surface area (Å²) in [5.41, 5.74) is 6.44. The SMILES string of the molecule is CCCCCCCCCCCCSc1nc(N)c(C#N)cc1C#N. The molecule has 1 heterocycles. The van der Waals surface area contributed by atoms with Gasteiger partial charge < -0.3 is 5.73 Å². The van der Waals surface area contributed by atoms with Crippen LogP contribution >= 0.6 is 11.8 Å². The van der Waals surface area contributed by atoms with Crippen LogP contribution in [0.1, 0.15) is 82.3 Å². The number of rotatable bonds is 12. The van der Waals surface area contributed by atoms with Crippen LogP contribution in [0.3, 0.4) is 0 Å². The summed E-state index contributed by atoms with van der Waals surface area (Å²) in [6.07, 6.45) is 13.1. The first-order chi connectivity index (χ1) is 11.7. The lowest BCUT2D eigenvalue weighted by Crippen LogP contribution is -1.99. The van der Waals surface area contributed by atoms with Gasteiger partial charge in [-0.15, -0.1) is 11.8 Å². The minimum Gasteiger partial charge on any atom is -0.383 e. The molecule has 24 heavy (non-hydrogen) atoms. The van der Waals surface area contributed by atoms with E-state index in [9.17, 15) is 0 Å². The van der Waals surface area contributed by atoms with Crippen LogP contribution in [-0.2, 0) is 0 Å². The molecule has 0 aliphatic carbocycles. The fourth-order valence-corrected chi connectivity index (χ4v) is 3.51. The minimum atomic E-state index is 0.210. The first-order valence-corrected chi connectivity index (χ1v) is 9.95. The predicted octanol–water partition coefficient (Wildman–Crippen LogP) is 5.42. The van der Waals surface area contributed by atoms with E-state index in [0.717, 1.165) is 12.2 Å². The van der Waals surface area contributed by atoms with E-state index in [4.69, 9.17) is 16.3 Å². The fraction of sp³-hybridized carbons (Fsp3) is 0.632. The van der Waals surface area contributed by atoms with Crippen molar-refractivity contribution < 1.29 is 0 Å². The third kappa shape index (κ3) is 7.70. The van der Waals surface area contributed by atoms with Gasteiger partial charge in [-0.25, -0.2) is 4.98 Å². The van der Waals surface area contributed by atoms with Gasteiger partial charge >= 0.3 is 0 Å². The number of aromatic nitrogens is 1. The minimum absolute atomic E-state index is 0.210. The van der Waals surface area contributed by atoms with E-state index in [0.29, 0.717) is 10.6 Å². The number of thioether (sulfide) groups is 1. The smallest absolute Gasteiger partial charge is 0.142 e. The summed E-state index contributed by atoms with van der Waals surface area (Å²) in [6.45, 7) is 2.25. The Kier molecular flexibility index (Phi) is 10.7. The molecule has 0 saturated carbocycles. The van der Waals surface area contributed by atoms with Crippen LogP contribution in [0, 0.1) is 22.7 Å². The number of nitrogen functional groups attached to an aromatic ring is 1. The van der Waals surface area contributed by atoms with Gasteiger partial charge in [-0.05, 0) is 18.2 Å². The first kappa shape index (κ1) is 20.3. The van der Waals surface area contributed by atoms with E-state index < -0.39 is 0 Å². The molecule has 0 fully saturated rings. The van der Waals surface area contributed by atoms with Crippen LogP contribution in [0.15, 0.2) is 11.1 Å². The molecule has 0 atom stereocenters. The normalized spacial score (nSPS) is 10.3. The van der Waals surface area contributed by atoms with Crippen LogP contribution in [-0.4, -0.2) is 10.7 Å². The molecule has 1 aromatic heterocycles. The van der Waals surface area contributed by atoms with Crippen molar-refractivity contribution in [3.8, 4) is 12.1 Å². The van der Waals surface area contributed by atoms with Gasteiger partial charge in [0, 0.05) is 0 Å². The molecule has 130 valence electrons. The zero-order chi connectivity index (χ0) is 17.6. The van der Waals surface area contributed by atoms with Crippen molar-refractivity contribution in [2.75, 3.05) is 11.5 Å². The summed E-state index contributed by atoms with van der Waals surface area (Å²) in [4.78, 5) is 4.19. The molecule has 0 radical (unpaired) electrons. The van der Waals surface area contributed by atoms with Crippen LogP contribution in [0.25, 0.3) is 0 Å². The molecule has 2 N–H and O–H groups in total. The second-order valence-corrected chi connectivity index (χ2v) is 7.11. The number of pyridine rings is 1. The summed E-state index contributed by atoms with van der Waals surface area (Å²) in [5.74, 6) is 1.14. The Bertz CT molecular complexity index is 572.